The van der Waals surface area contributed by atoms with Gasteiger partial charge in [0, 0.05) is 5.56 Å². The van der Waals surface area contributed by atoms with Gasteiger partial charge in [0.15, 0.2) is 6.10 Å². The van der Waals surface area contributed by atoms with E-state index in [4.69, 9.17) is 28.3 Å². The first kappa shape index (κ1) is 12.5. The number of nitrogens with zero attached hydrogens (tertiary/aromatic N) is 1. The van der Waals surface area contributed by atoms with E-state index >= 15 is 0 Å². The van der Waals surface area contributed by atoms with Crippen molar-refractivity contribution < 1.29 is 18.3 Å². The van der Waals surface area contributed by atoms with Gasteiger partial charge in [0.25, 0.3) is 0 Å². The highest BCUT2D eigenvalue weighted by Gasteiger charge is 2.41. The molecule has 1 aromatic heterocycles. The third-order valence-electron chi connectivity index (χ3n) is 1.77. The fourth-order valence-corrected chi connectivity index (χ4v) is 1.73. The number of alkyl halides is 3. The van der Waals surface area contributed by atoms with Gasteiger partial charge in [0.1, 0.15) is 10.3 Å². The number of halogens is 5. The van der Waals surface area contributed by atoms with Crippen LogP contribution in [0, 0.1) is 6.92 Å². The van der Waals surface area contributed by atoms with E-state index in [1.807, 2.05) is 0 Å². The van der Waals surface area contributed by atoms with Gasteiger partial charge in [-0.1, -0.05) is 23.2 Å². The molecule has 0 amide bonds. The molecular formula is C8H6Cl2F3NO. The molecule has 0 radical (unpaired) electrons. The van der Waals surface area contributed by atoms with Crippen molar-refractivity contribution in [3.63, 3.8) is 0 Å². The van der Waals surface area contributed by atoms with Gasteiger partial charge < -0.3 is 5.11 Å². The summed E-state index contributed by atoms with van der Waals surface area (Å²) in [6.45, 7) is 1.36. The molecule has 0 aliphatic rings. The van der Waals surface area contributed by atoms with Gasteiger partial charge in [-0.3, -0.25) is 0 Å². The highest BCUT2D eigenvalue weighted by molar-refractivity contribution is 6.33. The zero-order valence-corrected chi connectivity index (χ0v) is 8.95. The first-order valence-electron chi connectivity index (χ1n) is 3.81. The minimum absolute atomic E-state index is 0.0179. The van der Waals surface area contributed by atoms with Gasteiger partial charge >= 0.3 is 6.18 Å². The lowest BCUT2D eigenvalue weighted by Gasteiger charge is -2.17. The Hall–Kier alpha value is -0.520. The van der Waals surface area contributed by atoms with Crippen LogP contribution in [0.4, 0.5) is 13.2 Å². The van der Waals surface area contributed by atoms with Gasteiger partial charge in [-0.2, -0.15) is 13.2 Å². The Morgan fingerprint density at radius 3 is 2.33 bits per heavy atom. The van der Waals surface area contributed by atoms with E-state index < -0.39 is 23.0 Å². The number of aromatic nitrogens is 1. The summed E-state index contributed by atoms with van der Waals surface area (Å²) in [5.74, 6) is 0. The van der Waals surface area contributed by atoms with Crippen molar-refractivity contribution in [3.05, 3.63) is 27.5 Å². The molecule has 2 nitrogen and oxygen atoms in total. The lowest BCUT2D eigenvalue weighted by atomic mass is 10.1. The molecule has 1 aromatic rings. The molecular weight excluding hydrogens is 254 g/mol. The molecule has 0 aliphatic carbocycles. The van der Waals surface area contributed by atoms with E-state index in [-0.39, 0.29) is 10.7 Å². The van der Waals surface area contributed by atoms with Crippen molar-refractivity contribution in [2.45, 2.75) is 19.2 Å². The third-order valence-corrected chi connectivity index (χ3v) is 2.25. The molecule has 1 rings (SSSR count). The van der Waals surface area contributed by atoms with Crippen molar-refractivity contribution in [2.24, 2.45) is 0 Å². The maximum absolute atomic E-state index is 12.2. The van der Waals surface area contributed by atoms with E-state index in [1.165, 1.54) is 13.0 Å². The molecule has 0 saturated carbocycles. The van der Waals surface area contributed by atoms with Crippen LogP contribution in [0.1, 0.15) is 17.2 Å². The maximum Gasteiger partial charge on any atom is 0.418 e. The van der Waals surface area contributed by atoms with Gasteiger partial charge in [-0.25, -0.2) is 4.98 Å². The second-order valence-electron chi connectivity index (χ2n) is 2.91. The van der Waals surface area contributed by atoms with Gasteiger partial charge in [-0.15, -0.1) is 0 Å². The first-order valence-corrected chi connectivity index (χ1v) is 4.56. The second-order valence-corrected chi connectivity index (χ2v) is 3.66. The Kier molecular flexibility index (Phi) is 3.48. The topological polar surface area (TPSA) is 33.1 Å². The van der Waals surface area contributed by atoms with Crippen LogP contribution >= 0.6 is 23.2 Å². The Morgan fingerprint density at radius 2 is 1.93 bits per heavy atom. The number of rotatable bonds is 1. The normalized spacial score (nSPS) is 14.1. The average Bonchev–Trinajstić information content (AvgIpc) is 1.99. The van der Waals surface area contributed by atoms with Crippen LogP contribution in [0.15, 0.2) is 6.07 Å². The van der Waals surface area contributed by atoms with Gasteiger partial charge in [0.2, 0.25) is 0 Å². The molecule has 84 valence electrons. The summed E-state index contributed by atoms with van der Waals surface area (Å²) in [5.41, 5.74) is -0.321. The van der Waals surface area contributed by atoms with Crippen LogP contribution in [0.5, 0.6) is 0 Å². The fraction of sp³-hybridized carbons (Fsp3) is 0.375. The summed E-state index contributed by atoms with van der Waals surface area (Å²) in [7, 11) is 0. The van der Waals surface area contributed by atoms with E-state index in [0.717, 1.165) is 0 Å². The summed E-state index contributed by atoms with van der Waals surface area (Å²) in [6, 6.07) is 1.21. The van der Waals surface area contributed by atoms with Crippen LogP contribution in [0.25, 0.3) is 0 Å². The molecule has 0 aromatic carbocycles. The predicted molar refractivity (Wildman–Crippen MR) is 50.0 cm³/mol. The molecule has 0 aliphatic heterocycles. The quantitative estimate of drug-likeness (QED) is 0.786. The molecule has 1 N–H and O–H groups in total. The van der Waals surface area contributed by atoms with Crippen molar-refractivity contribution in [1.29, 1.82) is 0 Å². The largest absolute Gasteiger partial charge is 0.418 e. The minimum Gasteiger partial charge on any atom is -0.379 e. The molecule has 1 heterocycles. The van der Waals surface area contributed by atoms with E-state index in [1.54, 1.807) is 0 Å². The first-order chi connectivity index (χ1) is 6.73. The number of pyridine rings is 1. The lowest BCUT2D eigenvalue weighted by molar-refractivity contribution is -0.207. The number of aryl methyl sites for hydroxylation is 1. The Bertz CT molecular complexity index is 358. The number of hydrogen-bond acceptors (Lipinski definition) is 2. The van der Waals surface area contributed by atoms with Crippen LogP contribution in [-0.2, 0) is 0 Å². The molecule has 0 bridgehead atoms. The van der Waals surface area contributed by atoms with Crippen LogP contribution in [0.3, 0.4) is 0 Å². The van der Waals surface area contributed by atoms with Crippen molar-refractivity contribution in [3.8, 4) is 0 Å². The predicted octanol–water partition coefficient (Wildman–Crippen LogP) is 3.29. The summed E-state index contributed by atoms with van der Waals surface area (Å²) < 4.78 is 36.7. The highest BCUT2D eigenvalue weighted by Crippen LogP contribution is 2.37. The Morgan fingerprint density at radius 1 is 1.40 bits per heavy atom. The summed E-state index contributed by atoms with van der Waals surface area (Å²) in [5, 5.41) is 8.56. The number of aliphatic hydroxyl groups excluding tert-OH is 1. The van der Waals surface area contributed by atoms with Crippen molar-refractivity contribution in [2.75, 3.05) is 0 Å². The summed E-state index contributed by atoms with van der Waals surface area (Å²) in [4.78, 5) is 3.44. The fourth-order valence-electron chi connectivity index (χ4n) is 1.10. The summed E-state index contributed by atoms with van der Waals surface area (Å²) in [6.07, 6.45) is -7.42. The van der Waals surface area contributed by atoms with E-state index in [9.17, 15) is 13.2 Å². The molecule has 0 unspecified atom stereocenters. The van der Waals surface area contributed by atoms with Crippen LogP contribution < -0.4 is 0 Å². The molecule has 1 atom stereocenters. The molecule has 7 heteroatoms. The van der Waals surface area contributed by atoms with E-state index in [0.29, 0.717) is 0 Å². The molecule has 0 fully saturated rings. The number of hydrogen-bond donors (Lipinski definition) is 1. The third kappa shape index (κ3) is 2.74. The zero-order chi connectivity index (χ0) is 11.8. The van der Waals surface area contributed by atoms with Crippen LogP contribution in [-0.4, -0.2) is 16.3 Å². The minimum atomic E-state index is -4.77. The monoisotopic (exact) mass is 259 g/mol. The van der Waals surface area contributed by atoms with Crippen molar-refractivity contribution in [1.82, 2.24) is 4.98 Å². The van der Waals surface area contributed by atoms with Crippen molar-refractivity contribution >= 4 is 23.2 Å². The smallest absolute Gasteiger partial charge is 0.379 e. The second kappa shape index (κ2) is 4.15. The number of aliphatic hydroxyl groups is 1. The standard InChI is InChI=1S/C8H6Cl2F3NO/c1-3-2-4(9)14-7(10)5(3)6(15)8(11,12)13/h2,6,15H,1H3/t6-/m0/s1. The highest BCUT2D eigenvalue weighted by atomic mass is 35.5. The Balaban J connectivity index is 3.26. The van der Waals surface area contributed by atoms with Gasteiger partial charge in [0.05, 0.1) is 0 Å². The average molecular weight is 260 g/mol. The maximum atomic E-state index is 12.2. The lowest BCUT2D eigenvalue weighted by Crippen LogP contribution is -2.21. The van der Waals surface area contributed by atoms with E-state index in [2.05, 4.69) is 4.98 Å². The molecule has 0 saturated heterocycles. The van der Waals surface area contributed by atoms with Gasteiger partial charge in [-0.05, 0) is 18.6 Å². The van der Waals surface area contributed by atoms with Crippen LogP contribution in [0.2, 0.25) is 10.3 Å². The zero-order valence-electron chi connectivity index (χ0n) is 7.44. The molecule has 15 heavy (non-hydrogen) atoms. The molecule has 0 spiro atoms. The Labute approximate surface area is 93.6 Å². The summed E-state index contributed by atoms with van der Waals surface area (Å²) >= 11 is 11.0. The SMILES string of the molecule is Cc1cc(Cl)nc(Cl)c1[C@H](O)C(F)(F)F.